The van der Waals surface area contributed by atoms with Crippen LogP contribution in [0.15, 0.2) is 24.3 Å². The van der Waals surface area contributed by atoms with Gasteiger partial charge in [0.05, 0.1) is 11.0 Å². The first-order chi connectivity index (χ1) is 9.44. The molecule has 1 aliphatic carbocycles. The Kier molecular flexibility index (Phi) is 4.86. The van der Waals surface area contributed by atoms with Gasteiger partial charge in [-0.25, -0.2) is 8.42 Å². The van der Waals surface area contributed by atoms with Gasteiger partial charge in [0, 0.05) is 6.04 Å². The molecule has 4 heteroatoms. The normalized spacial score (nSPS) is 26.9. The van der Waals surface area contributed by atoms with Crippen molar-refractivity contribution < 1.29 is 8.42 Å². The van der Waals surface area contributed by atoms with Gasteiger partial charge in [-0.05, 0) is 37.8 Å². The Morgan fingerprint density at radius 2 is 2.05 bits per heavy atom. The zero-order valence-electron chi connectivity index (χ0n) is 12.6. The minimum atomic E-state index is -3.07. The maximum Gasteiger partial charge on any atom is 0.157 e. The molecular formula is C16H25NO2S. The number of benzene rings is 1. The number of rotatable bonds is 5. The Balaban J connectivity index is 2.11. The molecule has 1 N–H and O–H groups in total. The predicted octanol–water partition coefficient (Wildman–Crippen LogP) is 2.69. The molecule has 1 saturated carbocycles. The average Bonchev–Trinajstić information content (AvgIpc) is 2.72. The fourth-order valence-corrected chi connectivity index (χ4v) is 5.52. The highest BCUT2D eigenvalue weighted by atomic mass is 32.2. The summed E-state index contributed by atoms with van der Waals surface area (Å²) in [5, 5.41) is 3.20. The van der Waals surface area contributed by atoms with E-state index in [1.54, 1.807) is 0 Å². The Labute approximate surface area is 122 Å². The highest BCUT2D eigenvalue weighted by Gasteiger charge is 2.40. The topological polar surface area (TPSA) is 46.2 Å². The molecule has 3 atom stereocenters. The van der Waals surface area contributed by atoms with Gasteiger partial charge in [-0.2, -0.15) is 0 Å². The van der Waals surface area contributed by atoms with Gasteiger partial charge < -0.3 is 5.32 Å². The van der Waals surface area contributed by atoms with Crippen LogP contribution >= 0.6 is 0 Å². The average molecular weight is 295 g/mol. The molecule has 0 aromatic heterocycles. The van der Waals surface area contributed by atoms with Crippen molar-refractivity contribution in [2.45, 2.75) is 50.7 Å². The van der Waals surface area contributed by atoms with Crippen LogP contribution in [0.1, 0.15) is 37.8 Å². The highest BCUT2D eigenvalue weighted by Crippen LogP contribution is 2.33. The summed E-state index contributed by atoms with van der Waals surface area (Å²) >= 11 is 0. The van der Waals surface area contributed by atoms with Crippen molar-refractivity contribution in [2.24, 2.45) is 5.92 Å². The molecule has 3 nitrogen and oxygen atoms in total. The predicted molar refractivity (Wildman–Crippen MR) is 83.5 cm³/mol. The molecule has 1 fully saturated rings. The molecule has 0 spiro atoms. The summed E-state index contributed by atoms with van der Waals surface area (Å²) in [6, 6.07) is 8.15. The summed E-state index contributed by atoms with van der Waals surface area (Å²) in [7, 11) is -3.07. The molecular weight excluding hydrogens is 270 g/mol. The van der Waals surface area contributed by atoms with E-state index in [4.69, 9.17) is 0 Å². The van der Waals surface area contributed by atoms with E-state index < -0.39 is 9.84 Å². The molecule has 3 unspecified atom stereocenters. The van der Waals surface area contributed by atoms with Crippen LogP contribution in [0.2, 0.25) is 0 Å². The molecule has 0 radical (unpaired) electrons. The molecule has 1 aromatic rings. The van der Waals surface area contributed by atoms with E-state index in [0.717, 1.165) is 30.5 Å². The molecule has 0 amide bonds. The number of aryl methyl sites for hydroxylation is 1. The maximum absolute atomic E-state index is 12.6. The lowest BCUT2D eigenvalue weighted by Gasteiger charge is -2.21. The highest BCUT2D eigenvalue weighted by molar-refractivity contribution is 7.91. The molecule has 0 bridgehead atoms. The van der Waals surface area contributed by atoms with Gasteiger partial charge in [-0.15, -0.1) is 0 Å². The molecule has 112 valence electrons. The Hall–Kier alpha value is -0.870. The van der Waals surface area contributed by atoms with Gasteiger partial charge >= 0.3 is 0 Å². The van der Waals surface area contributed by atoms with Crippen molar-refractivity contribution in [3.63, 3.8) is 0 Å². The largest absolute Gasteiger partial charge is 0.314 e. The first kappa shape index (κ1) is 15.5. The molecule has 0 heterocycles. The standard InChI is InChI=1S/C16H25NO2S/c1-4-17-15-8-9-16(13(15)3)20(18,19)11-14-7-5-6-12(2)10-14/h5-7,10,13,15-17H,4,8-9,11H2,1-3H3. The van der Waals surface area contributed by atoms with E-state index in [2.05, 4.69) is 19.2 Å². The third kappa shape index (κ3) is 3.41. The van der Waals surface area contributed by atoms with Crippen LogP contribution in [0.3, 0.4) is 0 Å². The third-order valence-corrected chi connectivity index (χ3v) is 6.68. The first-order valence-electron chi connectivity index (χ1n) is 7.44. The lowest BCUT2D eigenvalue weighted by atomic mass is 10.1. The van der Waals surface area contributed by atoms with Crippen molar-refractivity contribution in [3.8, 4) is 0 Å². The van der Waals surface area contributed by atoms with Crippen LogP contribution in [-0.2, 0) is 15.6 Å². The Morgan fingerprint density at radius 1 is 1.30 bits per heavy atom. The number of hydrogen-bond donors (Lipinski definition) is 1. The number of nitrogens with one attached hydrogen (secondary N) is 1. The van der Waals surface area contributed by atoms with Crippen LogP contribution in [0.4, 0.5) is 0 Å². The molecule has 2 rings (SSSR count). The molecule has 20 heavy (non-hydrogen) atoms. The minimum Gasteiger partial charge on any atom is -0.314 e. The Bertz CT molecular complexity index is 553. The second kappa shape index (κ2) is 6.27. The molecule has 1 aliphatic rings. The quantitative estimate of drug-likeness (QED) is 0.908. The zero-order chi connectivity index (χ0) is 14.8. The van der Waals surface area contributed by atoms with Crippen molar-refractivity contribution in [3.05, 3.63) is 35.4 Å². The monoisotopic (exact) mass is 295 g/mol. The SMILES string of the molecule is CCNC1CCC(S(=O)(=O)Cc2cccc(C)c2)C1C. The summed E-state index contributed by atoms with van der Waals surface area (Å²) in [5.74, 6) is 0.368. The second-order valence-electron chi connectivity index (χ2n) is 5.94. The van der Waals surface area contributed by atoms with Crippen LogP contribution in [0.25, 0.3) is 0 Å². The molecule has 0 saturated heterocycles. The number of hydrogen-bond acceptors (Lipinski definition) is 3. The summed E-state index contributed by atoms with van der Waals surface area (Å²) in [6.07, 6.45) is 1.75. The van der Waals surface area contributed by atoms with Gasteiger partial charge in [0.25, 0.3) is 0 Å². The fraction of sp³-hybridized carbons (Fsp3) is 0.625. The van der Waals surface area contributed by atoms with Gasteiger partial charge in [-0.1, -0.05) is 43.7 Å². The van der Waals surface area contributed by atoms with E-state index in [9.17, 15) is 8.42 Å². The lowest BCUT2D eigenvalue weighted by Crippen LogP contribution is -2.36. The van der Waals surface area contributed by atoms with Gasteiger partial charge in [0.1, 0.15) is 0 Å². The van der Waals surface area contributed by atoms with Crippen molar-refractivity contribution >= 4 is 9.84 Å². The molecule has 0 aliphatic heterocycles. The van der Waals surface area contributed by atoms with E-state index in [0.29, 0.717) is 6.04 Å². The van der Waals surface area contributed by atoms with Crippen molar-refractivity contribution in [1.29, 1.82) is 0 Å². The van der Waals surface area contributed by atoms with E-state index >= 15 is 0 Å². The zero-order valence-corrected chi connectivity index (χ0v) is 13.4. The maximum atomic E-state index is 12.6. The number of sulfone groups is 1. The second-order valence-corrected chi connectivity index (χ2v) is 8.16. The lowest BCUT2D eigenvalue weighted by molar-refractivity contribution is 0.433. The van der Waals surface area contributed by atoms with Crippen molar-refractivity contribution in [1.82, 2.24) is 5.32 Å². The van der Waals surface area contributed by atoms with Crippen LogP contribution < -0.4 is 5.32 Å². The fourth-order valence-electron chi connectivity index (χ4n) is 3.33. The van der Waals surface area contributed by atoms with Gasteiger partial charge in [0.2, 0.25) is 0 Å². The van der Waals surface area contributed by atoms with Crippen LogP contribution in [0.5, 0.6) is 0 Å². The molecule has 1 aromatic carbocycles. The van der Waals surface area contributed by atoms with Crippen molar-refractivity contribution in [2.75, 3.05) is 6.54 Å². The van der Waals surface area contributed by atoms with Gasteiger partial charge in [0.15, 0.2) is 9.84 Å². The Morgan fingerprint density at radius 3 is 2.70 bits per heavy atom. The first-order valence-corrected chi connectivity index (χ1v) is 9.16. The summed E-state index contributed by atoms with van der Waals surface area (Å²) in [6.45, 7) is 7.04. The van der Waals surface area contributed by atoms with E-state index in [1.807, 2.05) is 31.2 Å². The summed E-state index contributed by atoms with van der Waals surface area (Å²) < 4.78 is 25.3. The van der Waals surface area contributed by atoms with E-state index in [1.165, 1.54) is 0 Å². The van der Waals surface area contributed by atoms with Crippen LogP contribution in [0, 0.1) is 12.8 Å². The van der Waals surface area contributed by atoms with E-state index in [-0.39, 0.29) is 16.9 Å². The summed E-state index contributed by atoms with van der Waals surface area (Å²) in [5.41, 5.74) is 2.02. The minimum absolute atomic E-state index is 0.169. The van der Waals surface area contributed by atoms with Gasteiger partial charge in [-0.3, -0.25) is 0 Å². The van der Waals surface area contributed by atoms with Crippen LogP contribution in [-0.4, -0.2) is 26.3 Å². The summed E-state index contributed by atoms with van der Waals surface area (Å²) in [4.78, 5) is 0. The third-order valence-electron chi connectivity index (χ3n) is 4.36. The smallest absolute Gasteiger partial charge is 0.157 e.